The van der Waals surface area contributed by atoms with Gasteiger partial charge in [-0.05, 0) is 12.1 Å². The number of thioether (sulfide) groups is 1. The van der Waals surface area contributed by atoms with E-state index < -0.39 is 0 Å². The molecule has 0 aromatic carbocycles. The van der Waals surface area contributed by atoms with Gasteiger partial charge in [0.15, 0.2) is 0 Å². The third-order valence-corrected chi connectivity index (χ3v) is 3.88. The van der Waals surface area contributed by atoms with Gasteiger partial charge in [-0.2, -0.15) is 0 Å². The summed E-state index contributed by atoms with van der Waals surface area (Å²) in [5.74, 6) is 1.02. The molecule has 16 heavy (non-hydrogen) atoms. The van der Waals surface area contributed by atoms with Crippen LogP contribution in [0.15, 0.2) is 23.4 Å². The number of hydrogen-bond acceptors (Lipinski definition) is 4. The van der Waals surface area contributed by atoms with E-state index in [2.05, 4.69) is 9.88 Å². The van der Waals surface area contributed by atoms with Crippen molar-refractivity contribution in [2.24, 2.45) is 0 Å². The van der Waals surface area contributed by atoms with Gasteiger partial charge < -0.3 is 4.74 Å². The Morgan fingerprint density at radius 2 is 2.25 bits per heavy atom. The quantitative estimate of drug-likeness (QED) is 0.773. The number of halogens is 1. The third kappa shape index (κ3) is 3.63. The molecule has 2 rings (SSSR count). The molecule has 0 amide bonds. The van der Waals surface area contributed by atoms with Gasteiger partial charge in [0.05, 0.1) is 18.2 Å². The Balaban J connectivity index is 1.73. The standard InChI is InChI=1S/C11H15ClN2OS/c12-10-2-1-3-13-11(10)16-9-6-14-4-7-15-8-5-14/h1-3H,4-9H2. The summed E-state index contributed by atoms with van der Waals surface area (Å²) in [5.41, 5.74) is 0. The van der Waals surface area contributed by atoms with Crippen molar-refractivity contribution in [3.63, 3.8) is 0 Å². The molecule has 2 heterocycles. The number of hydrogen-bond donors (Lipinski definition) is 0. The first-order chi connectivity index (χ1) is 7.86. The Morgan fingerprint density at radius 1 is 1.44 bits per heavy atom. The second kappa shape index (κ2) is 6.45. The van der Waals surface area contributed by atoms with Gasteiger partial charge in [-0.1, -0.05) is 11.6 Å². The van der Waals surface area contributed by atoms with E-state index in [1.807, 2.05) is 12.1 Å². The maximum absolute atomic E-state index is 6.03. The van der Waals surface area contributed by atoms with Crippen molar-refractivity contribution in [1.82, 2.24) is 9.88 Å². The fraction of sp³-hybridized carbons (Fsp3) is 0.545. The van der Waals surface area contributed by atoms with Crippen LogP contribution in [0.2, 0.25) is 5.02 Å². The first-order valence-corrected chi connectivity index (χ1v) is 6.76. The zero-order valence-corrected chi connectivity index (χ0v) is 10.6. The van der Waals surface area contributed by atoms with Crippen molar-refractivity contribution in [1.29, 1.82) is 0 Å². The molecule has 1 aromatic heterocycles. The van der Waals surface area contributed by atoms with Crippen LogP contribution in [0, 0.1) is 0 Å². The van der Waals surface area contributed by atoms with Gasteiger partial charge in [0.1, 0.15) is 5.03 Å². The molecule has 1 saturated heterocycles. The second-order valence-electron chi connectivity index (χ2n) is 3.59. The van der Waals surface area contributed by atoms with Crippen molar-refractivity contribution in [3.05, 3.63) is 23.4 Å². The van der Waals surface area contributed by atoms with E-state index in [-0.39, 0.29) is 0 Å². The van der Waals surface area contributed by atoms with Crippen molar-refractivity contribution in [2.75, 3.05) is 38.6 Å². The molecule has 1 aliphatic rings. The molecule has 1 aliphatic heterocycles. The Kier molecular flexibility index (Phi) is 4.91. The number of pyridine rings is 1. The molecule has 88 valence electrons. The molecule has 0 atom stereocenters. The predicted molar refractivity (Wildman–Crippen MR) is 67.2 cm³/mol. The summed E-state index contributed by atoms with van der Waals surface area (Å²) in [5, 5.41) is 1.67. The van der Waals surface area contributed by atoms with Crippen molar-refractivity contribution in [3.8, 4) is 0 Å². The zero-order chi connectivity index (χ0) is 11.2. The maximum atomic E-state index is 6.03. The van der Waals surface area contributed by atoms with Crippen LogP contribution in [0.5, 0.6) is 0 Å². The molecule has 3 nitrogen and oxygen atoms in total. The Hall–Kier alpha value is -0.290. The zero-order valence-electron chi connectivity index (χ0n) is 9.06. The predicted octanol–water partition coefficient (Wildman–Crippen LogP) is 2.16. The molecule has 0 aliphatic carbocycles. The van der Waals surface area contributed by atoms with Gasteiger partial charge in [0.25, 0.3) is 0 Å². The minimum absolute atomic E-state index is 0.745. The molecule has 0 bridgehead atoms. The second-order valence-corrected chi connectivity index (χ2v) is 5.08. The first kappa shape index (κ1) is 12.2. The Labute approximate surface area is 105 Å². The fourth-order valence-electron chi connectivity index (χ4n) is 1.57. The van der Waals surface area contributed by atoms with Gasteiger partial charge in [-0.25, -0.2) is 4.98 Å². The third-order valence-electron chi connectivity index (χ3n) is 2.47. The molecule has 1 aromatic rings. The Morgan fingerprint density at radius 3 is 3.00 bits per heavy atom. The van der Waals surface area contributed by atoms with Crippen LogP contribution in [0.3, 0.4) is 0 Å². The van der Waals surface area contributed by atoms with Gasteiger partial charge in [0.2, 0.25) is 0 Å². The van der Waals surface area contributed by atoms with Crippen molar-refractivity contribution in [2.45, 2.75) is 5.03 Å². The van der Waals surface area contributed by atoms with E-state index in [1.165, 1.54) is 0 Å². The maximum Gasteiger partial charge on any atom is 0.115 e. The summed E-state index contributed by atoms with van der Waals surface area (Å²) in [6.07, 6.45) is 1.78. The van der Waals surface area contributed by atoms with Gasteiger partial charge in [0, 0.05) is 31.6 Å². The molecule has 0 spiro atoms. The van der Waals surface area contributed by atoms with Gasteiger partial charge in [-0.15, -0.1) is 11.8 Å². The average molecular weight is 259 g/mol. The van der Waals surface area contributed by atoms with Crippen LogP contribution in [0.1, 0.15) is 0 Å². The van der Waals surface area contributed by atoms with Crippen molar-refractivity contribution >= 4 is 23.4 Å². The molecule has 0 radical (unpaired) electrons. The molecule has 1 fully saturated rings. The highest BCUT2D eigenvalue weighted by Gasteiger charge is 2.10. The fourth-order valence-corrected chi connectivity index (χ4v) is 2.74. The number of aromatic nitrogens is 1. The topological polar surface area (TPSA) is 25.4 Å². The number of ether oxygens (including phenoxy) is 1. The van der Waals surface area contributed by atoms with Crippen LogP contribution >= 0.6 is 23.4 Å². The lowest BCUT2D eigenvalue weighted by molar-refractivity contribution is 0.0410. The van der Waals surface area contributed by atoms with Crippen LogP contribution in [0.4, 0.5) is 0 Å². The summed E-state index contributed by atoms with van der Waals surface area (Å²) >= 11 is 7.74. The van der Waals surface area contributed by atoms with E-state index in [0.717, 1.165) is 48.6 Å². The average Bonchev–Trinajstić information content (AvgIpc) is 2.33. The largest absolute Gasteiger partial charge is 0.379 e. The monoisotopic (exact) mass is 258 g/mol. The van der Waals surface area contributed by atoms with E-state index in [1.54, 1.807) is 18.0 Å². The van der Waals surface area contributed by atoms with E-state index >= 15 is 0 Å². The van der Waals surface area contributed by atoms with E-state index in [4.69, 9.17) is 16.3 Å². The number of nitrogens with zero attached hydrogens (tertiary/aromatic N) is 2. The molecular weight excluding hydrogens is 244 g/mol. The molecule has 0 N–H and O–H groups in total. The molecular formula is C11H15ClN2OS. The highest BCUT2D eigenvalue weighted by Crippen LogP contribution is 2.23. The lowest BCUT2D eigenvalue weighted by atomic mass is 10.4. The number of rotatable bonds is 4. The summed E-state index contributed by atoms with van der Waals surface area (Å²) < 4.78 is 5.30. The minimum Gasteiger partial charge on any atom is -0.379 e. The van der Waals surface area contributed by atoms with Gasteiger partial charge >= 0.3 is 0 Å². The summed E-state index contributed by atoms with van der Waals surface area (Å²) in [4.78, 5) is 6.66. The summed E-state index contributed by atoms with van der Waals surface area (Å²) in [7, 11) is 0. The van der Waals surface area contributed by atoms with E-state index in [9.17, 15) is 0 Å². The molecule has 0 saturated carbocycles. The lowest BCUT2D eigenvalue weighted by Gasteiger charge is -2.26. The van der Waals surface area contributed by atoms with Crippen LogP contribution < -0.4 is 0 Å². The highest BCUT2D eigenvalue weighted by atomic mass is 35.5. The van der Waals surface area contributed by atoms with Crippen LogP contribution in [-0.2, 0) is 4.74 Å². The molecule has 5 heteroatoms. The summed E-state index contributed by atoms with van der Waals surface area (Å²) in [6.45, 7) is 4.86. The summed E-state index contributed by atoms with van der Waals surface area (Å²) in [6, 6.07) is 3.74. The normalized spacial score (nSPS) is 17.6. The number of morpholine rings is 1. The van der Waals surface area contributed by atoms with Crippen LogP contribution in [0.25, 0.3) is 0 Å². The molecule has 0 unspecified atom stereocenters. The smallest absolute Gasteiger partial charge is 0.115 e. The highest BCUT2D eigenvalue weighted by molar-refractivity contribution is 7.99. The van der Waals surface area contributed by atoms with E-state index in [0.29, 0.717) is 0 Å². The van der Waals surface area contributed by atoms with Crippen molar-refractivity contribution < 1.29 is 4.74 Å². The minimum atomic E-state index is 0.745. The van der Waals surface area contributed by atoms with Crippen LogP contribution in [-0.4, -0.2) is 48.5 Å². The first-order valence-electron chi connectivity index (χ1n) is 5.39. The SMILES string of the molecule is Clc1cccnc1SCCN1CCOCC1. The van der Waals surface area contributed by atoms with Gasteiger partial charge in [-0.3, -0.25) is 4.90 Å². The Bertz CT molecular complexity index is 332. The lowest BCUT2D eigenvalue weighted by Crippen LogP contribution is -2.37.